The molecule has 0 unspecified atom stereocenters. The van der Waals surface area contributed by atoms with E-state index in [4.69, 9.17) is 9.26 Å². The maximum absolute atomic E-state index is 12.6. The van der Waals surface area contributed by atoms with E-state index in [0.29, 0.717) is 18.1 Å². The Kier molecular flexibility index (Phi) is 7.32. The Morgan fingerprint density at radius 3 is 2.65 bits per heavy atom. The molecule has 4 rings (SSSR count). The summed E-state index contributed by atoms with van der Waals surface area (Å²) in [6, 6.07) is 11.9. The molecule has 7 nitrogen and oxygen atoms in total. The summed E-state index contributed by atoms with van der Waals surface area (Å²) in [4.78, 5) is 22.5. The van der Waals surface area contributed by atoms with Crippen LogP contribution in [0.4, 0.5) is 0 Å². The molecule has 0 radical (unpaired) electrons. The summed E-state index contributed by atoms with van der Waals surface area (Å²) in [7, 11) is 1.66. The van der Waals surface area contributed by atoms with E-state index in [-0.39, 0.29) is 5.91 Å². The van der Waals surface area contributed by atoms with Gasteiger partial charge in [0.2, 0.25) is 17.6 Å². The molecular formula is C23H28N4O3S. The van der Waals surface area contributed by atoms with E-state index in [1.54, 1.807) is 18.4 Å². The van der Waals surface area contributed by atoms with Gasteiger partial charge in [-0.3, -0.25) is 9.69 Å². The second kappa shape index (κ2) is 10.5. The zero-order valence-corrected chi connectivity index (χ0v) is 18.6. The highest BCUT2D eigenvalue weighted by Gasteiger charge is 2.20. The molecular weight excluding hydrogens is 412 g/mol. The molecule has 1 aromatic carbocycles. The molecule has 1 aliphatic rings. The van der Waals surface area contributed by atoms with Gasteiger partial charge in [-0.05, 0) is 48.5 Å². The minimum absolute atomic E-state index is 0.238. The number of amides is 1. The van der Waals surface area contributed by atoms with Crippen LogP contribution in [-0.4, -0.2) is 65.7 Å². The smallest absolute Gasteiger partial charge is 0.227 e. The molecule has 3 aromatic rings. The SMILES string of the molecule is COc1ccc(CCC(=O)N2CCN(CCCc3nc(-c4cccs4)no3)CC2)cc1. The van der Waals surface area contributed by atoms with Gasteiger partial charge < -0.3 is 14.2 Å². The van der Waals surface area contributed by atoms with E-state index >= 15 is 0 Å². The Bertz CT molecular complexity index is 948. The summed E-state index contributed by atoms with van der Waals surface area (Å²) in [6.45, 7) is 4.40. The quantitative estimate of drug-likeness (QED) is 0.507. The number of rotatable bonds is 9. The second-order valence-electron chi connectivity index (χ2n) is 7.66. The first kappa shape index (κ1) is 21.5. The highest BCUT2D eigenvalue weighted by molar-refractivity contribution is 7.13. The molecule has 164 valence electrons. The number of hydrogen-bond donors (Lipinski definition) is 0. The molecule has 0 aliphatic carbocycles. The molecule has 0 spiro atoms. The third-order valence-electron chi connectivity index (χ3n) is 5.59. The Labute approximate surface area is 186 Å². The Balaban J connectivity index is 1.14. The van der Waals surface area contributed by atoms with E-state index in [2.05, 4.69) is 15.0 Å². The van der Waals surface area contributed by atoms with Gasteiger partial charge in [0.15, 0.2) is 0 Å². The van der Waals surface area contributed by atoms with Gasteiger partial charge in [0.1, 0.15) is 5.75 Å². The number of carbonyl (C=O) groups excluding carboxylic acids is 1. The Morgan fingerprint density at radius 2 is 1.94 bits per heavy atom. The Hall–Kier alpha value is -2.71. The van der Waals surface area contributed by atoms with Gasteiger partial charge in [-0.15, -0.1) is 11.3 Å². The van der Waals surface area contributed by atoms with Crippen LogP contribution < -0.4 is 4.74 Å². The average Bonchev–Trinajstić information content (AvgIpc) is 3.50. The van der Waals surface area contributed by atoms with Gasteiger partial charge in [-0.2, -0.15) is 4.98 Å². The zero-order chi connectivity index (χ0) is 21.5. The summed E-state index contributed by atoms with van der Waals surface area (Å²) in [5.41, 5.74) is 1.16. The fourth-order valence-corrected chi connectivity index (χ4v) is 4.39. The monoisotopic (exact) mass is 440 g/mol. The normalized spacial score (nSPS) is 14.7. The third-order valence-corrected chi connectivity index (χ3v) is 6.45. The molecule has 2 aromatic heterocycles. The summed E-state index contributed by atoms with van der Waals surface area (Å²) in [5.74, 6) is 2.44. The van der Waals surface area contributed by atoms with E-state index in [0.717, 1.165) is 68.2 Å². The standard InChI is InChI=1S/C23H28N4O3S/c1-29-19-9-6-18(7-10-19)8-11-22(28)27-15-13-26(14-16-27)12-2-5-21-24-23(25-30-21)20-4-3-17-31-20/h3-4,6-7,9-10,17H,2,5,8,11-16H2,1H3. The van der Waals surface area contributed by atoms with Crippen molar-refractivity contribution in [1.29, 1.82) is 0 Å². The fraction of sp³-hybridized carbons (Fsp3) is 0.435. The number of methoxy groups -OCH3 is 1. The van der Waals surface area contributed by atoms with Crippen molar-refractivity contribution in [3.63, 3.8) is 0 Å². The van der Waals surface area contributed by atoms with Crippen LogP contribution in [0, 0.1) is 0 Å². The van der Waals surface area contributed by atoms with Crippen LogP contribution in [0.25, 0.3) is 10.7 Å². The van der Waals surface area contributed by atoms with E-state index in [1.165, 1.54) is 0 Å². The van der Waals surface area contributed by atoms with Crippen LogP contribution in [0.2, 0.25) is 0 Å². The van der Waals surface area contributed by atoms with Crippen LogP contribution >= 0.6 is 11.3 Å². The lowest BCUT2D eigenvalue weighted by Gasteiger charge is -2.34. The lowest BCUT2D eigenvalue weighted by Crippen LogP contribution is -2.48. The lowest BCUT2D eigenvalue weighted by molar-refractivity contribution is -0.132. The molecule has 1 aliphatic heterocycles. The number of aryl methyl sites for hydroxylation is 2. The second-order valence-corrected chi connectivity index (χ2v) is 8.61. The Morgan fingerprint density at radius 1 is 1.13 bits per heavy atom. The molecule has 1 fully saturated rings. The highest BCUT2D eigenvalue weighted by Crippen LogP contribution is 2.21. The van der Waals surface area contributed by atoms with Gasteiger partial charge in [0.25, 0.3) is 0 Å². The first-order valence-electron chi connectivity index (χ1n) is 10.7. The molecule has 0 saturated carbocycles. The largest absolute Gasteiger partial charge is 0.497 e. The minimum Gasteiger partial charge on any atom is -0.497 e. The molecule has 3 heterocycles. The molecule has 8 heteroatoms. The number of thiophene rings is 1. The van der Waals surface area contributed by atoms with E-state index in [1.807, 2.05) is 46.7 Å². The van der Waals surface area contributed by atoms with Crippen molar-refractivity contribution in [2.24, 2.45) is 0 Å². The number of piperazine rings is 1. The van der Waals surface area contributed by atoms with Crippen molar-refractivity contribution < 1.29 is 14.1 Å². The lowest BCUT2D eigenvalue weighted by atomic mass is 10.1. The predicted octanol–water partition coefficient (Wildman–Crippen LogP) is 3.52. The maximum atomic E-state index is 12.6. The number of aromatic nitrogens is 2. The average molecular weight is 441 g/mol. The summed E-state index contributed by atoms with van der Waals surface area (Å²) >= 11 is 1.61. The predicted molar refractivity (Wildman–Crippen MR) is 120 cm³/mol. The molecule has 0 N–H and O–H groups in total. The topological polar surface area (TPSA) is 71.7 Å². The van der Waals surface area contributed by atoms with Crippen LogP contribution in [-0.2, 0) is 17.6 Å². The van der Waals surface area contributed by atoms with Gasteiger partial charge in [0, 0.05) is 39.0 Å². The highest BCUT2D eigenvalue weighted by atomic mass is 32.1. The first-order chi connectivity index (χ1) is 15.2. The van der Waals surface area contributed by atoms with Crippen LogP contribution in [0.15, 0.2) is 46.3 Å². The molecule has 31 heavy (non-hydrogen) atoms. The van der Waals surface area contributed by atoms with Gasteiger partial charge in [-0.1, -0.05) is 23.4 Å². The van der Waals surface area contributed by atoms with Crippen LogP contribution in [0.3, 0.4) is 0 Å². The number of carbonyl (C=O) groups is 1. The van der Waals surface area contributed by atoms with Crippen LogP contribution in [0.1, 0.15) is 24.3 Å². The van der Waals surface area contributed by atoms with Crippen molar-refractivity contribution in [2.75, 3.05) is 39.8 Å². The molecule has 1 amide bonds. The van der Waals surface area contributed by atoms with Crippen molar-refractivity contribution >= 4 is 17.2 Å². The zero-order valence-electron chi connectivity index (χ0n) is 17.8. The van der Waals surface area contributed by atoms with Crippen molar-refractivity contribution in [3.8, 4) is 16.5 Å². The van der Waals surface area contributed by atoms with Gasteiger partial charge in [-0.25, -0.2) is 0 Å². The van der Waals surface area contributed by atoms with E-state index in [9.17, 15) is 4.79 Å². The molecule has 0 atom stereocenters. The number of hydrogen-bond acceptors (Lipinski definition) is 7. The summed E-state index contributed by atoms with van der Waals surface area (Å²) in [6.07, 6.45) is 3.06. The first-order valence-corrected chi connectivity index (χ1v) is 11.6. The van der Waals surface area contributed by atoms with Crippen molar-refractivity contribution in [2.45, 2.75) is 25.7 Å². The summed E-state index contributed by atoms with van der Waals surface area (Å²) in [5, 5.41) is 6.07. The third kappa shape index (κ3) is 5.92. The number of benzene rings is 1. The van der Waals surface area contributed by atoms with Gasteiger partial charge >= 0.3 is 0 Å². The minimum atomic E-state index is 0.238. The van der Waals surface area contributed by atoms with Crippen molar-refractivity contribution in [3.05, 3.63) is 53.2 Å². The van der Waals surface area contributed by atoms with Crippen LogP contribution in [0.5, 0.6) is 5.75 Å². The van der Waals surface area contributed by atoms with Crippen molar-refractivity contribution in [1.82, 2.24) is 19.9 Å². The van der Waals surface area contributed by atoms with E-state index < -0.39 is 0 Å². The van der Waals surface area contributed by atoms with Gasteiger partial charge in [0.05, 0.1) is 12.0 Å². The fourth-order valence-electron chi connectivity index (χ4n) is 3.74. The number of ether oxygens (including phenoxy) is 1. The number of nitrogens with zero attached hydrogens (tertiary/aromatic N) is 4. The molecule has 1 saturated heterocycles. The maximum Gasteiger partial charge on any atom is 0.227 e. The molecule has 0 bridgehead atoms. The summed E-state index contributed by atoms with van der Waals surface area (Å²) < 4.78 is 10.5.